The third-order valence-corrected chi connectivity index (χ3v) is 5.21. The molecule has 1 atom stereocenters. The fourth-order valence-electron chi connectivity index (χ4n) is 1.93. The number of benzene rings is 1. The van der Waals surface area contributed by atoms with Crippen LogP contribution in [0.15, 0.2) is 28.7 Å². The molecule has 1 fully saturated rings. The van der Waals surface area contributed by atoms with Gasteiger partial charge in [-0.1, -0.05) is 28.1 Å². The van der Waals surface area contributed by atoms with Crippen molar-refractivity contribution in [2.45, 2.75) is 18.1 Å². The highest BCUT2D eigenvalue weighted by molar-refractivity contribution is 9.10. The lowest BCUT2D eigenvalue weighted by Gasteiger charge is -2.21. The van der Waals surface area contributed by atoms with Gasteiger partial charge in [-0.2, -0.15) is 0 Å². The highest BCUT2D eigenvalue weighted by Gasteiger charge is 2.22. The van der Waals surface area contributed by atoms with Crippen LogP contribution in [-0.4, -0.2) is 34.2 Å². The minimum Gasteiger partial charge on any atom is -0.381 e. The standard InChI is InChI=1S/C13H15BrO3S/c14-11-3-1-2-10(8-11)13(15)9-18(16)12-4-6-17-7-5-12/h1-3,8,12H,4-7,9H2. The van der Waals surface area contributed by atoms with Gasteiger partial charge in [0.2, 0.25) is 0 Å². The molecule has 98 valence electrons. The number of carbonyl (C=O) groups excluding carboxylic acids is 1. The van der Waals surface area contributed by atoms with Crippen LogP contribution in [0.25, 0.3) is 0 Å². The first-order valence-electron chi connectivity index (χ1n) is 5.90. The van der Waals surface area contributed by atoms with E-state index in [2.05, 4.69) is 15.9 Å². The summed E-state index contributed by atoms with van der Waals surface area (Å²) in [6.07, 6.45) is 1.58. The summed E-state index contributed by atoms with van der Waals surface area (Å²) in [5.41, 5.74) is 0.616. The van der Waals surface area contributed by atoms with Crippen molar-refractivity contribution < 1.29 is 13.7 Å². The Bertz CT molecular complexity index is 455. The molecule has 18 heavy (non-hydrogen) atoms. The molecule has 2 rings (SSSR count). The van der Waals surface area contributed by atoms with Crippen molar-refractivity contribution in [3.05, 3.63) is 34.3 Å². The molecule has 0 spiro atoms. The zero-order valence-electron chi connectivity index (χ0n) is 9.93. The average molecular weight is 331 g/mol. The van der Waals surface area contributed by atoms with Crippen molar-refractivity contribution in [3.63, 3.8) is 0 Å². The summed E-state index contributed by atoms with van der Waals surface area (Å²) < 4.78 is 18.2. The number of hydrogen-bond acceptors (Lipinski definition) is 3. The molecule has 3 nitrogen and oxygen atoms in total. The molecule has 0 saturated carbocycles. The molecule has 0 aliphatic carbocycles. The summed E-state index contributed by atoms with van der Waals surface area (Å²) in [6.45, 7) is 1.31. The molecule has 0 radical (unpaired) electrons. The van der Waals surface area contributed by atoms with Crippen molar-refractivity contribution >= 4 is 32.5 Å². The van der Waals surface area contributed by atoms with Crippen LogP contribution in [0.4, 0.5) is 0 Å². The van der Waals surface area contributed by atoms with Crippen LogP contribution in [0, 0.1) is 0 Å². The summed E-state index contributed by atoms with van der Waals surface area (Å²) in [5, 5.41) is 0.106. The molecule has 0 bridgehead atoms. The molecule has 0 amide bonds. The van der Waals surface area contributed by atoms with Crippen molar-refractivity contribution in [1.82, 2.24) is 0 Å². The quantitative estimate of drug-likeness (QED) is 0.797. The van der Waals surface area contributed by atoms with Crippen LogP contribution in [0.1, 0.15) is 23.2 Å². The lowest BCUT2D eigenvalue weighted by atomic mass is 10.1. The number of halogens is 1. The number of ketones is 1. The number of ether oxygens (including phenoxy) is 1. The van der Waals surface area contributed by atoms with Gasteiger partial charge in [0.1, 0.15) is 0 Å². The fraction of sp³-hybridized carbons (Fsp3) is 0.462. The van der Waals surface area contributed by atoms with E-state index in [0.29, 0.717) is 18.8 Å². The normalized spacial score (nSPS) is 18.5. The summed E-state index contributed by atoms with van der Waals surface area (Å²) in [6, 6.07) is 7.21. The molecular weight excluding hydrogens is 316 g/mol. The van der Waals surface area contributed by atoms with Crippen molar-refractivity contribution in [3.8, 4) is 0 Å². The Labute approximate surface area is 117 Å². The van der Waals surface area contributed by atoms with Crippen LogP contribution in [0.3, 0.4) is 0 Å². The summed E-state index contributed by atoms with van der Waals surface area (Å²) >= 11 is 3.33. The second-order valence-electron chi connectivity index (χ2n) is 4.27. The summed E-state index contributed by atoms with van der Waals surface area (Å²) in [4.78, 5) is 12.0. The highest BCUT2D eigenvalue weighted by Crippen LogP contribution is 2.16. The SMILES string of the molecule is O=C(CS(=O)C1CCOCC1)c1cccc(Br)c1. The molecule has 1 aromatic rings. The molecule has 1 heterocycles. The van der Waals surface area contributed by atoms with Gasteiger partial charge >= 0.3 is 0 Å². The van der Waals surface area contributed by atoms with Crippen LogP contribution in [-0.2, 0) is 15.5 Å². The van der Waals surface area contributed by atoms with E-state index in [1.54, 1.807) is 12.1 Å². The smallest absolute Gasteiger partial charge is 0.175 e. The summed E-state index contributed by atoms with van der Waals surface area (Å²) in [7, 11) is -1.09. The first kappa shape index (κ1) is 13.9. The molecule has 5 heteroatoms. The first-order chi connectivity index (χ1) is 8.66. The first-order valence-corrected chi connectivity index (χ1v) is 8.08. The maximum Gasteiger partial charge on any atom is 0.175 e. The van der Waals surface area contributed by atoms with E-state index in [-0.39, 0.29) is 16.8 Å². The monoisotopic (exact) mass is 330 g/mol. The number of carbonyl (C=O) groups is 1. The molecule has 0 aromatic heterocycles. The van der Waals surface area contributed by atoms with Crippen molar-refractivity contribution in [2.24, 2.45) is 0 Å². The molecule has 0 N–H and O–H groups in total. The van der Waals surface area contributed by atoms with Gasteiger partial charge in [0, 0.05) is 39.3 Å². The minimum absolute atomic E-state index is 0.0545. The Kier molecular flexibility index (Phi) is 5.09. The van der Waals surface area contributed by atoms with Crippen molar-refractivity contribution in [2.75, 3.05) is 19.0 Å². The Balaban J connectivity index is 1.96. The average Bonchev–Trinajstić information content (AvgIpc) is 2.39. The van der Waals surface area contributed by atoms with Gasteiger partial charge in [-0.25, -0.2) is 0 Å². The maximum absolute atomic E-state index is 12.1. The Morgan fingerprint density at radius 3 is 2.78 bits per heavy atom. The van der Waals surface area contributed by atoms with Gasteiger partial charge < -0.3 is 4.74 Å². The Morgan fingerprint density at radius 1 is 1.39 bits per heavy atom. The maximum atomic E-state index is 12.1. The largest absolute Gasteiger partial charge is 0.381 e. The second kappa shape index (κ2) is 6.59. The molecule has 1 aliphatic heterocycles. The van der Waals surface area contributed by atoms with Gasteiger partial charge in [0.25, 0.3) is 0 Å². The van der Waals surface area contributed by atoms with Crippen LogP contribution in [0.2, 0.25) is 0 Å². The zero-order valence-corrected chi connectivity index (χ0v) is 12.3. The van der Waals surface area contributed by atoms with Gasteiger partial charge in [0.15, 0.2) is 5.78 Å². The third kappa shape index (κ3) is 3.73. The van der Waals surface area contributed by atoms with Gasteiger partial charge in [-0.3, -0.25) is 9.00 Å². The highest BCUT2D eigenvalue weighted by atomic mass is 79.9. The van der Waals surface area contributed by atoms with Crippen LogP contribution >= 0.6 is 15.9 Å². The van der Waals surface area contributed by atoms with E-state index in [4.69, 9.17) is 4.74 Å². The van der Waals surface area contributed by atoms with Crippen LogP contribution < -0.4 is 0 Å². The summed E-state index contributed by atoms with van der Waals surface area (Å²) in [5.74, 6) is 0.0577. The molecule has 1 saturated heterocycles. The van der Waals surface area contributed by atoms with E-state index in [1.807, 2.05) is 12.1 Å². The van der Waals surface area contributed by atoms with E-state index in [9.17, 15) is 9.00 Å². The predicted octanol–water partition coefficient (Wildman–Crippen LogP) is 2.56. The predicted molar refractivity (Wildman–Crippen MR) is 75.3 cm³/mol. The van der Waals surface area contributed by atoms with Gasteiger partial charge in [-0.05, 0) is 25.0 Å². The van der Waals surface area contributed by atoms with Gasteiger partial charge in [0.05, 0.1) is 5.75 Å². The van der Waals surface area contributed by atoms with E-state index in [0.717, 1.165) is 17.3 Å². The van der Waals surface area contributed by atoms with E-state index >= 15 is 0 Å². The Hall–Kier alpha value is -0.520. The molecular formula is C13H15BrO3S. The number of Topliss-reactive ketones (excluding diaryl/α,β-unsaturated/α-hetero) is 1. The topological polar surface area (TPSA) is 43.4 Å². The van der Waals surface area contributed by atoms with Gasteiger partial charge in [-0.15, -0.1) is 0 Å². The fourth-order valence-corrected chi connectivity index (χ4v) is 3.71. The Morgan fingerprint density at radius 2 is 2.11 bits per heavy atom. The number of rotatable bonds is 4. The molecule has 1 aromatic carbocycles. The number of hydrogen-bond donors (Lipinski definition) is 0. The second-order valence-corrected chi connectivity index (χ2v) is 6.90. The van der Waals surface area contributed by atoms with E-state index < -0.39 is 10.8 Å². The molecule has 1 aliphatic rings. The van der Waals surface area contributed by atoms with Crippen LogP contribution in [0.5, 0.6) is 0 Å². The minimum atomic E-state index is -1.09. The zero-order chi connectivity index (χ0) is 13.0. The molecule has 1 unspecified atom stereocenters. The third-order valence-electron chi connectivity index (χ3n) is 2.96. The van der Waals surface area contributed by atoms with E-state index in [1.165, 1.54) is 0 Å². The lowest BCUT2D eigenvalue weighted by molar-refractivity contribution is 0.0980. The lowest BCUT2D eigenvalue weighted by Crippen LogP contribution is -2.28. The van der Waals surface area contributed by atoms with Crippen molar-refractivity contribution in [1.29, 1.82) is 0 Å².